The fourth-order valence-corrected chi connectivity index (χ4v) is 4.56. The first-order valence-electron chi connectivity index (χ1n) is 17.4. The third kappa shape index (κ3) is 27.3. The largest absolute Gasteiger partial charge is 0.477 e. The fraction of sp³-hybridized carbons (Fsp3) is 0.658. The lowest BCUT2D eigenvalue weighted by Gasteiger charge is -2.31. The second-order valence-corrected chi connectivity index (χ2v) is 12.4. The molecular formula is C38H64NO7+. The third-order valence-corrected chi connectivity index (χ3v) is 7.24. The number of carboxylic acids is 1. The van der Waals surface area contributed by atoms with Crippen molar-refractivity contribution in [2.24, 2.45) is 0 Å². The summed E-state index contributed by atoms with van der Waals surface area (Å²) in [5, 5.41) is 9.54. The first kappa shape index (κ1) is 43.0. The van der Waals surface area contributed by atoms with E-state index in [2.05, 4.69) is 62.5 Å². The zero-order chi connectivity index (χ0) is 34.3. The Balaban J connectivity index is 4.49. The highest BCUT2D eigenvalue weighted by atomic mass is 16.6. The Morgan fingerprint density at radius 1 is 0.674 bits per heavy atom. The maximum Gasteiger partial charge on any atom is 0.362 e. The minimum absolute atomic E-state index is 0.0353. The molecule has 0 rings (SSSR count). The minimum Gasteiger partial charge on any atom is -0.477 e. The summed E-state index contributed by atoms with van der Waals surface area (Å²) < 4.78 is 17.0. The number of aliphatic carboxylic acids is 1. The highest BCUT2D eigenvalue weighted by Crippen LogP contribution is 2.12. The first-order chi connectivity index (χ1) is 22.1. The SMILES string of the molecule is CC/C=C/C=C/C=C/CCCCCCCCCC(=O)OC(COCCC(C(=O)O)[N+](C)(C)C)COC(=O)CC/C=C/C/C=C/CC. The average Bonchev–Trinajstić information content (AvgIpc) is 3.00. The molecule has 262 valence electrons. The number of nitrogens with zero attached hydrogens (tertiary/aromatic N) is 1. The Hall–Kier alpha value is -2.97. The van der Waals surface area contributed by atoms with Gasteiger partial charge in [0.1, 0.15) is 6.61 Å². The molecule has 0 aliphatic rings. The number of ether oxygens (including phenoxy) is 3. The van der Waals surface area contributed by atoms with E-state index in [9.17, 15) is 19.5 Å². The lowest BCUT2D eigenvalue weighted by Crippen LogP contribution is -2.50. The summed E-state index contributed by atoms with van der Waals surface area (Å²) in [6.45, 7) is 4.34. The number of allylic oxidation sites excluding steroid dienone is 10. The molecule has 0 aliphatic carbocycles. The van der Waals surface area contributed by atoms with Crippen molar-refractivity contribution in [2.45, 2.75) is 122 Å². The molecule has 46 heavy (non-hydrogen) atoms. The molecule has 0 aliphatic heterocycles. The van der Waals surface area contributed by atoms with Gasteiger partial charge >= 0.3 is 17.9 Å². The number of unbranched alkanes of at least 4 members (excludes halogenated alkanes) is 7. The van der Waals surface area contributed by atoms with Gasteiger partial charge in [0.05, 0.1) is 34.4 Å². The standard InChI is InChI=1S/C38H63NO7/c1-6-8-10-12-14-15-16-17-18-19-20-21-23-25-27-29-37(41)46-34(32-44-31-30-35(38(42)43)39(3,4)5)33-45-36(40)28-26-24-22-13-11-9-7-2/h8-12,14-16,22,24,34-35H,6-7,13,17-21,23,25-33H2,1-5H3/p+1/b10-8+,11-9+,14-12+,16-15+,24-22+. The molecule has 2 unspecified atom stereocenters. The van der Waals surface area contributed by atoms with E-state index < -0.39 is 18.1 Å². The Morgan fingerprint density at radius 3 is 1.96 bits per heavy atom. The van der Waals surface area contributed by atoms with Crippen molar-refractivity contribution in [3.63, 3.8) is 0 Å². The monoisotopic (exact) mass is 646 g/mol. The molecule has 0 spiro atoms. The second kappa shape index (κ2) is 29.4. The molecule has 0 fully saturated rings. The van der Waals surface area contributed by atoms with E-state index in [-0.39, 0.29) is 42.7 Å². The van der Waals surface area contributed by atoms with Crippen LogP contribution in [-0.2, 0) is 28.6 Å². The number of hydrogen-bond acceptors (Lipinski definition) is 6. The van der Waals surface area contributed by atoms with Crippen molar-refractivity contribution in [3.05, 3.63) is 60.8 Å². The Bertz CT molecular complexity index is 943. The minimum atomic E-state index is -0.889. The summed E-state index contributed by atoms with van der Waals surface area (Å²) >= 11 is 0. The lowest BCUT2D eigenvalue weighted by atomic mass is 10.1. The highest BCUT2D eigenvalue weighted by molar-refractivity contribution is 5.72. The Labute approximate surface area is 279 Å². The van der Waals surface area contributed by atoms with E-state index in [1.807, 2.05) is 33.3 Å². The molecule has 0 bridgehead atoms. The van der Waals surface area contributed by atoms with E-state index in [1.54, 1.807) is 0 Å². The third-order valence-electron chi connectivity index (χ3n) is 7.24. The van der Waals surface area contributed by atoms with Crippen LogP contribution < -0.4 is 0 Å². The van der Waals surface area contributed by atoms with Crippen LogP contribution in [0.3, 0.4) is 0 Å². The molecule has 0 saturated carbocycles. The number of carbonyl (C=O) groups excluding carboxylic acids is 2. The fourth-order valence-electron chi connectivity index (χ4n) is 4.56. The quantitative estimate of drug-likeness (QED) is 0.0287. The van der Waals surface area contributed by atoms with Crippen molar-refractivity contribution in [1.82, 2.24) is 0 Å². The van der Waals surface area contributed by atoms with Crippen molar-refractivity contribution >= 4 is 17.9 Å². The van der Waals surface area contributed by atoms with Gasteiger partial charge in [-0.25, -0.2) is 4.79 Å². The van der Waals surface area contributed by atoms with Gasteiger partial charge in [-0.3, -0.25) is 9.59 Å². The zero-order valence-electron chi connectivity index (χ0n) is 29.5. The smallest absolute Gasteiger partial charge is 0.362 e. The normalized spacial score (nSPS) is 13.8. The van der Waals surface area contributed by atoms with E-state index in [4.69, 9.17) is 14.2 Å². The molecule has 2 atom stereocenters. The number of carbonyl (C=O) groups is 3. The number of rotatable bonds is 29. The van der Waals surface area contributed by atoms with E-state index >= 15 is 0 Å². The van der Waals surface area contributed by atoms with Crippen LogP contribution in [0, 0.1) is 0 Å². The van der Waals surface area contributed by atoms with Crippen molar-refractivity contribution in [3.8, 4) is 0 Å². The summed E-state index contributed by atoms with van der Waals surface area (Å²) in [5.41, 5.74) is 0. The van der Waals surface area contributed by atoms with Crippen LogP contribution in [0.25, 0.3) is 0 Å². The average molecular weight is 647 g/mol. The molecule has 0 amide bonds. The molecule has 1 N–H and O–H groups in total. The molecule has 0 saturated heterocycles. The van der Waals surface area contributed by atoms with Crippen LogP contribution in [0.5, 0.6) is 0 Å². The predicted molar refractivity (Wildman–Crippen MR) is 187 cm³/mol. The van der Waals surface area contributed by atoms with Gasteiger partial charge in [0.2, 0.25) is 0 Å². The van der Waals surface area contributed by atoms with E-state index in [1.165, 1.54) is 19.3 Å². The second-order valence-electron chi connectivity index (χ2n) is 12.4. The summed E-state index contributed by atoms with van der Waals surface area (Å²) in [7, 11) is 5.48. The summed E-state index contributed by atoms with van der Waals surface area (Å²) in [6, 6.07) is -0.624. The topological polar surface area (TPSA) is 99.1 Å². The van der Waals surface area contributed by atoms with E-state index in [0.29, 0.717) is 19.3 Å². The number of esters is 2. The molecular weight excluding hydrogens is 582 g/mol. The maximum atomic E-state index is 12.6. The van der Waals surface area contributed by atoms with Crippen LogP contribution in [0.1, 0.15) is 110 Å². The van der Waals surface area contributed by atoms with Crippen LogP contribution in [0.4, 0.5) is 0 Å². The van der Waals surface area contributed by atoms with Crippen molar-refractivity contribution in [2.75, 3.05) is 41.0 Å². The lowest BCUT2D eigenvalue weighted by molar-refractivity contribution is -0.887. The molecule has 0 aromatic rings. The molecule has 8 nitrogen and oxygen atoms in total. The van der Waals surface area contributed by atoms with Gasteiger partial charge in [-0.05, 0) is 44.9 Å². The van der Waals surface area contributed by atoms with Gasteiger partial charge in [-0.15, -0.1) is 0 Å². The van der Waals surface area contributed by atoms with Gasteiger partial charge in [0.15, 0.2) is 12.1 Å². The van der Waals surface area contributed by atoms with Crippen LogP contribution in [-0.4, -0.2) is 80.6 Å². The molecule has 8 heteroatoms. The molecule has 0 radical (unpaired) electrons. The summed E-state index contributed by atoms with van der Waals surface area (Å²) in [6.07, 6.45) is 33.0. The molecule has 0 aromatic carbocycles. The number of hydrogen-bond donors (Lipinski definition) is 1. The first-order valence-corrected chi connectivity index (χ1v) is 17.4. The summed E-state index contributed by atoms with van der Waals surface area (Å²) in [5.74, 6) is -1.59. The Morgan fingerprint density at radius 2 is 1.30 bits per heavy atom. The maximum absolute atomic E-state index is 12.6. The van der Waals surface area contributed by atoms with Crippen molar-refractivity contribution < 1.29 is 38.2 Å². The molecule has 0 heterocycles. The van der Waals surface area contributed by atoms with Crippen LogP contribution in [0.2, 0.25) is 0 Å². The number of likely N-dealkylation sites (N-methyl/N-ethyl adjacent to an activating group) is 1. The number of carboxylic acid groups (broad SMARTS) is 1. The van der Waals surface area contributed by atoms with Crippen LogP contribution in [0.15, 0.2) is 60.8 Å². The van der Waals surface area contributed by atoms with Gasteiger partial charge in [-0.2, -0.15) is 0 Å². The molecule has 0 aromatic heterocycles. The van der Waals surface area contributed by atoms with Crippen LogP contribution >= 0.6 is 0 Å². The highest BCUT2D eigenvalue weighted by Gasteiger charge is 2.31. The number of quaternary nitrogens is 1. The van der Waals surface area contributed by atoms with Gasteiger partial charge in [0, 0.05) is 19.3 Å². The predicted octanol–water partition coefficient (Wildman–Crippen LogP) is 8.29. The van der Waals surface area contributed by atoms with Gasteiger partial charge < -0.3 is 23.8 Å². The summed E-state index contributed by atoms with van der Waals surface area (Å²) in [4.78, 5) is 36.5. The van der Waals surface area contributed by atoms with Gasteiger partial charge in [-0.1, -0.05) is 107 Å². The van der Waals surface area contributed by atoms with Gasteiger partial charge in [0.25, 0.3) is 0 Å². The van der Waals surface area contributed by atoms with Crippen molar-refractivity contribution in [1.29, 1.82) is 0 Å². The Kier molecular flexibility index (Phi) is 27.5. The van der Waals surface area contributed by atoms with E-state index in [0.717, 1.165) is 51.4 Å². The zero-order valence-corrected chi connectivity index (χ0v) is 29.5.